The summed E-state index contributed by atoms with van der Waals surface area (Å²) >= 11 is 5.74. The second-order valence-corrected chi connectivity index (χ2v) is 18.4. The minimum atomic E-state index is -0.759. The molecule has 0 unspecified atom stereocenters. The Balaban J connectivity index is 2.09. The Hall–Kier alpha value is -2.35. The third-order valence-electron chi connectivity index (χ3n) is 6.07. The first-order valence-electron chi connectivity index (χ1n) is 16.3. The zero-order chi connectivity index (χ0) is 35.9. The van der Waals surface area contributed by atoms with E-state index in [1.165, 1.54) is 28.1 Å². The summed E-state index contributed by atoms with van der Waals surface area (Å²) < 4.78 is 22.1. The van der Waals surface area contributed by atoms with E-state index < -0.39 is 35.1 Å². The molecule has 3 heterocycles. The first kappa shape index (κ1) is 40.1. The van der Waals surface area contributed by atoms with Crippen LogP contribution in [0.2, 0.25) is 0 Å². The monoisotopic (exact) mass is 737 g/mol. The molecule has 0 aromatic carbocycles. The Bertz CT molecular complexity index is 1450. The first-order valence-corrected chi connectivity index (χ1v) is 19.9. The molecule has 0 aliphatic heterocycles. The molecule has 0 atom stereocenters. The van der Waals surface area contributed by atoms with Crippen molar-refractivity contribution in [2.45, 2.75) is 149 Å². The largest absolute Gasteiger partial charge is 0.443 e. The van der Waals surface area contributed by atoms with Gasteiger partial charge in [0.25, 0.3) is 0 Å². The van der Waals surface area contributed by atoms with Crippen molar-refractivity contribution in [2.75, 3.05) is 11.5 Å². The average Bonchev–Trinajstić information content (AvgIpc) is 3.64. The van der Waals surface area contributed by atoms with Crippen LogP contribution in [0.1, 0.15) is 102 Å². The van der Waals surface area contributed by atoms with E-state index in [0.29, 0.717) is 20.1 Å². The maximum absolute atomic E-state index is 13.8. The third kappa shape index (κ3) is 11.9. The Kier molecular flexibility index (Phi) is 14.2. The van der Waals surface area contributed by atoms with Crippen LogP contribution in [0, 0.1) is 0 Å². The summed E-state index contributed by atoms with van der Waals surface area (Å²) in [7, 11) is 0. The van der Waals surface area contributed by atoms with Crippen LogP contribution in [0.25, 0.3) is 0 Å². The minimum Gasteiger partial charge on any atom is -0.443 e. The molecule has 0 radical (unpaired) electrons. The Morgan fingerprint density at radius 3 is 1.00 bits per heavy atom. The molecule has 0 N–H and O–H groups in total. The van der Waals surface area contributed by atoms with Crippen LogP contribution in [0.3, 0.4) is 0 Å². The molecule has 13 heteroatoms. The summed E-state index contributed by atoms with van der Waals surface area (Å²) in [5.41, 5.74) is -2.14. The van der Waals surface area contributed by atoms with Gasteiger partial charge in [0, 0.05) is 0 Å². The number of carbonyl (C=O) groups excluding carboxylic acids is 3. The third-order valence-corrected chi connectivity index (χ3v) is 10.4. The van der Waals surface area contributed by atoms with Gasteiger partial charge in [0.05, 0.1) is 30.2 Å². The van der Waals surface area contributed by atoms with Crippen molar-refractivity contribution in [1.29, 1.82) is 0 Å². The second-order valence-electron chi connectivity index (χ2n) is 14.1. The summed E-state index contributed by atoms with van der Waals surface area (Å²) in [6.45, 7) is 20.7. The molecule has 3 rings (SSSR count). The second kappa shape index (κ2) is 17.0. The molecule has 9 nitrogen and oxygen atoms in total. The Labute approximate surface area is 303 Å². The molecular weight excluding hydrogens is 687 g/mol. The number of nitrogens with zero attached hydrogens (tertiary/aromatic N) is 3. The average molecular weight is 738 g/mol. The number of unbranched alkanes of at least 4 members (excludes halogenated alkanes) is 2. The van der Waals surface area contributed by atoms with Crippen molar-refractivity contribution in [3.05, 3.63) is 36.4 Å². The fraction of sp³-hybridized carbons (Fsp3) is 0.571. The molecule has 48 heavy (non-hydrogen) atoms. The number of hydrogen-bond acceptors (Lipinski definition) is 10. The van der Waals surface area contributed by atoms with Crippen LogP contribution in [0.5, 0.6) is 0 Å². The predicted molar refractivity (Wildman–Crippen MR) is 198 cm³/mol. The summed E-state index contributed by atoms with van der Waals surface area (Å²) in [6, 6.07) is 11.2. The molecule has 3 aromatic rings. The summed E-state index contributed by atoms with van der Waals surface area (Å²) in [5.74, 6) is 1.72. The zero-order valence-electron chi connectivity index (χ0n) is 30.1. The standard InChI is InChI=1S/C35H51N3O6S4/c1-12-14-22-45-24-16-18-26(36(24)30(39)42-33(3,4)5)47-28-20-21-29(38(28)32(41)44-35(9,10)11)48-27-19-17-25(46-23-15-13-2)37(27)31(40)43-34(6,7)8/h16-21H,12-15,22-23H2,1-11H3. The molecular formula is C35H51N3O6S4. The summed E-state index contributed by atoms with van der Waals surface area (Å²) in [4.78, 5) is 40.8. The highest BCUT2D eigenvalue weighted by molar-refractivity contribution is 8.00. The van der Waals surface area contributed by atoms with Crippen LogP contribution >= 0.6 is 47.0 Å². The fourth-order valence-electron chi connectivity index (χ4n) is 4.06. The highest BCUT2D eigenvalue weighted by atomic mass is 32.2. The number of thioether (sulfide) groups is 2. The van der Waals surface area contributed by atoms with E-state index in [1.807, 2.05) is 98.7 Å². The van der Waals surface area contributed by atoms with Crippen molar-refractivity contribution < 1.29 is 28.6 Å². The van der Waals surface area contributed by atoms with Gasteiger partial charge in [0.15, 0.2) is 0 Å². The predicted octanol–water partition coefficient (Wildman–Crippen LogP) is 11.5. The van der Waals surface area contributed by atoms with Gasteiger partial charge < -0.3 is 14.2 Å². The molecule has 3 aromatic heterocycles. The molecule has 0 saturated carbocycles. The Morgan fingerprint density at radius 2 is 0.750 bits per heavy atom. The van der Waals surface area contributed by atoms with Gasteiger partial charge in [-0.1, -0.05) is 50.2 Å². The van der Waals surface area contributed by atoms with Gasteiger partial charge in [-0.2, -0.15) is 0 Å². The maximum atomic E-state index is 13.8. The molecule has 0 aliphatic rings. The number of hydrogen-bond donors (Lipinski definition) is 0. The number of aromatic nitrogens is 3. The van der Waals surface area contributed by atoms with E-state index in [1.54, 1.807) is 32.7 Å². The van der Waals surface area contributed by atoms with Crippen LogP contribution in [0.4, 0.5) is 14.4 Å². The number of rotatable bonds is 12. The van der Waals surface area contributed by atoms with Gasteiger partial charge in [-0.15, -0.1) is 23.5 Å². The highest BCUT2D eigenvalue weighted by Gasteiger charge is 2.29. The lowest BCUT2D eigenvalue weighted by atomic mass is 10.2. The van der Waals surface area contributed by atoms with Crippen molar-refractivity contribution in [3.8, 4) is 0 Å². The van der Waals surface area contributed by atoms with Gasteiger partial charge in [0.2, 0.25) is 0 Å². The van der Waals surface area contributed by atoms with E-state index in [0.717, 1.165) is 47.2 Å². The van der Waals surface area contributed by atoms with Gasteiger partial charge in [0.1, 0.15) is 16.8 Å². The number of carbonyl (C=O) groups is 3. The number of ether oxygens (including phenoxy) is 3. The van der Waals surface area contributed by atoms with Crippen LogP contribution in [-0.4, -0.2) is 60.3 Å². The molecule has 0 bridgehead atoms. The SMILES string of the molecule is CCCCSc1ccc(Sc2ccc(Sc3ccc(SCCCC)n3C(=O)OC(C)(C)C)n2C(=O)OC(C)(C)C)n1C(=O)OC(C)(C)C. The lowest BCUT2D eigenvalue weighted by molar-refractivity contribution is 0.0498. The topological polar surface area (TPSA) is 93.7 Å². The highest BCUT2D eigenvalue weighted by Crippen LogP contribution is 2.40. The van der Waals surface area contributed by atoms with Crippen LogP contribution in [-0.2, 0) is 14.2 Å². The van der Waals surface area contributed by atoms with E-state index in [9.17, 15) is 14.4 Å². The van der Waals surface area contributed by atoms with Crippen LogP contribution in [0.15, 0.2) is 66.6 Å². The lowest BCUT2D eigenvalue weighted by Gasteiger charge is -2.23. The van der Waals surface area contributed by atoms with Gasteiger partial charge in [-0.25, -0.2) is 28.1 Å². The van der Waals surface area contributed by atoms with E-state index in [2.05, 4.69) is 13.8 Å². The van der Waals surface area contributed by atoms with Crippen molar-refractivity contribution in [2.24, 2.45) is 0 Å². The molecule has 0 amide bonds. The van der Waals surface area contributed by atoms with Gasteiger partial charge >= 0.3 is 18.3 Å². The maximum Gasteiger partial charge on any atom is 0.420 e. The fourth-order valence-corrected chi connectivity index (χ4v) is 8.48. The normalized spacial score (nSPS) is 12.3. The van der Waals surface area contributed by atoms with Crippen molar-refractivity contribution >= 4 is 65.3 Å². The van der Waals surface area contributed by atoms with Crippen molar-refractivity contribution in [1.82, 2.24) is 13.7 Å². The van der Waals surface area contributed by atoms with Gasteiger partial charge in [-0.3, -0.25) is 0 Å². The van der Waals surface area contributed by atoms with Gasteiger partial charge in [-0.05, 0) is 123 Å². The zero-order valence-corrected chi connectivity index (χ0v) is 33.4. The van der Waals surface area contributed by atoms with E-state index >= 15 is 0 Å². The smallest absolute Gasteiger partial charge is 0.420 e. The molecule has 0 aliphatic carbocycles. The quantitative estimate of drug-likeness (QED) is 0.102. The first-order chi connectivity index (χ1) is 22.3. The molecule has 0 spiro atoms. The van der Waals surface area contributed by atoms with E-state index in [4.69, 9.17) is 14.2 Å². The molecule has 0 fully saturated rings. The van der Waals surface area contributed by atoms with E-state index in [-0.39, 0.29) is 0 Å². The molecule has 266 valence electrons. The minimum absolute atomic E-state index is 0.484. The van der Waals surface area contributed by atoms with Crippen molar-refractivity contribution in [3.63, 3.8) is 0 Å². The van der Waals surface area contributed by atoms with Crippen LogP contribution < -0.4 is 0 Å². The lowest BCUT2D eigenvalue weighted by Crippen LogP contribution is -2.28. The Morgan fingerprint density at radius 1 is 0.500 bits per heavy atom. The molecule has 0 saturated heterocycles. The summed E-state index contributed by atoms with van der Waals surface area (Å²) in [5, 5.41) is 3.85. The summed E-state index contributed by atoms with van der Waals surface area (Å²) in [6.07, 6.45) is 2.57.